The predicted molar refractivity (Wildman–Crippen MR) is 101 cm³/mol. The number of benzene rings is 2. The number of nitrogens with one attached hydrogen (secondary N) is 2. The number of methoxy groups -OCH3 is 1. The van der Waals surface area contributed by atoms with E-state index >= 15 is 0 Å². The SMILES string of the molecule is COc1ccc(C(=O)NNC(=O)Cc2ccc3cc(C(=O)O)sc3c2)cc1. The van der Waals surface area contributed by atoms with Gasteiger partial charge in [0.1, 0.15) is 10.6 Å². The van der Waals surface area contributed by atoms with Crippen molar-refractivity contribution in [2.75, 3.05) is 7.11 Å². The number of carbonyl (C=O) groups is 3. The minimum Gasteiger partial charge on any atom is -0.497 e. The summed E-state index contributed by atoms with van der Waals surface area (Å²) in [4.78, 5) is 35.4. The molecule has 27 heavy (non-hydrogen) atoms. The van der Waals surface area contributed by atoms with E-state index in [0.717, 1.165) is 27.0 Å². The van der Waals surface area contributed by atoms with Crippen molar-refractivity contribution < 1.29 is 24.2 Å². The van der Waals surface area contributed by atoms with E-state index in [1.165, 1.54) is 7.11 Å². The molecule has 0 atom stereocenters. The molecule has 0 saturated carbocycles. The van der Waals surface area contributed by atoms with Crippen LogP contribution in [0.5, 0.6) is 5.75 Å². The number of fused-ring (bicyclic) bond motifs is 1. The van der Waals surface area contributed by atoms with Gasteiger partial charge in [0.05, 0.1) is 13.5 Å². The quantitative estimate of drug-likeness (QED) is 0.587. The van der Waals surface area contributed by atoms with Crippen LogP contribution in [0.3, 0.4) is 0 Å². The Labute approximate surface area is 158 Å². The van der Waals surface area contributed by atoms with Crippen molar-refractivity contribution in [3.8, 4) is 5.75 Å². The Morgan fingerprint density at radius 2 is 1.78 bits per heavy atom. The molecule has 3 aromatic rings. The fourth-order valence-corrected chi connectivity index (χ4v) is 3.43. The summed E-state index contributed by atoms with van der Waals surface area (Å²) >= 11 is 1.15. The molecule has 0 aliphatic carbocycles. The first kappa shape index (κ1) is 18.4. The van der Waals surface area contributed by atoms with Gasteiger partial charge >= 0.3 is 5.97 Å². The monoisotopic (exact) mass is 384 g/mol. The van der Waals surface area contributed by atoms with E-state index in [9.17, 15) is 14.4 Å². The van der Waals surface area contributed by atoms with Crippen LogP contribution in [0.25, 0.3) is 10.1 Å². The average Bonchev–Trinajstić information content (AvgIpc) is 3.10. The smallest absolute Gasteiger partial charge is 0.345 e. The molecule has 138 valence electrons. The third-order valence-corrected chi connectivity index (χ3v) is 4.91. The third kappa shape index (κ3) is 4.42. The van der Waals surface area contributed by atoms with Gasteiger partial charge in [-0.3, -0.25) is 20.4 Å². The summed E-state index contributed by atoms with van der Waals surface area (Å²) in [6.07, 6.45) is 0.0547. The van der Waals surface area contributed by atoms with Crippen LogP contribution >= 0.6 is 11.3 Å². The zero-order valence-corrected chi connectivity index (χ0v) is 15.1. The zero-order valence-electron chi connectivity index (χ0n) is 14.3. The van der Waals surface area contributed by atoms with Crippen molar-refractivity contribution in [1.82, 2.24) is 10.9 Å². The lowest BCUT2D eigenvalue weighted by atomic mass is 10.1. The summed E-state index contributed by atoms with van der Waals surface area (Å²) in [6.45, 7) is 0. The molecule has 0 radical (unpaired) electrons. The number of carboxylic acid groups (broad SMARTS) is 1. The number of carbonyl (C=O) groups excluding carboxylic acids is 2. The maximum Gasteiger partial charge on any atom is 0.345 e. The highest BCUT2D eigenvalue weighted by Crippen LogP contribution is 2.26. The molecule has 2 amide bonds. The second-order valence-electron chi connectivity index (χ2n) is 5.70. The van der Waals surface area contributed by atoms with E-state index in [2.05, 4.69) is 10.9 Å². The third-order valence-electron chi connectivity index (χ3n) is 3.83. The molecule has 0 aliphatic rings. The largest absolute Gasteiger partial charge is 0.497 e. The highest BCUT2D eigenvalue weighted by molar-refractivity contribution is 7.20. The Bertz CT molecular complexity index is 1010. The molecule has 8 heteroatoms. The zero-order chi connectivity index (χ0) is 19.4. The van der Waals surface area contributed by atoms with Crippen molar-refractivity contribution in [2.24, 2.45) is 0 Å². The molecule has 1 heterocycles. The van der Waals surface area contributed by atoms with Crippen LogP contribution < -0.4 is 15.6 Å². The molecule has 0 bridgehead atoms. The van der Waals surface area contributed by atoms with Gasteiger partial charge in [-0.25, -0.2) is 4.79 Å². The van der Waals surface area contributed by atoms with Gasteiger partial charge in [-0.1, -0.05) is 12.1 Å². The first-order valence-corrected chi connectivity index (χ1v) is 8.77. The van der Waals surface area contributed by atoms with E-state index in [0.29, 0.717) is 11.3 Å². The van der Waals surface area contributed by atoms with Crippen LogP contribution in [0.15, 0.2) is 48.5 Å². The molecule has 0 unspecified atom stereocenters. The standard InChI is InChI=1S/C19H16N2O5S/c1-26-14-6-4-12(5-7-14)18(23)21-20-17(22)9-11-2-3-13-10-16(19(24)25)27-15(13)8-11/h2-8,10H,9H2,1H3,(H,20,22)(H,21,23)(H,24,25). The molecule has 0 fully saturated rings. The van der Waals surface area contributed by atoms with Gasteiger partial charge in [-0.15, -0.1) is 11.3 Å². The van der Waals surface area contributed by atoms with Crippen molar-refractivity contribution in [2.45, 2.75) is 6.42 Å². The van der Waals surface area contributed by atoms with Gasteiger partial charge < -0.3 is 9.84 Å². The van der Waals surface area contributed by atoms with Crippen molar-refractivity contribution in [3.05, 3.63) is 64.5 Å². The Hall–Kier alpha value is -3.39. The molecule has 0 spiro atoms. The van der Waals surface area contributed by atoms with Gasteiger partial charge in [0.2, 0.25) is 5.91 Å². The van der Waals surface area contributed by atoms with Crippen molar-refractivity contribution in [3.63, 3.8) is 0 Å². The number of thiophene rings is 1. The minimum atomic E-state index is -0.975. The molecule has 0 saturated heterocycles. The number of aromatic carboxylic acids is 1. The second-order valence-corrected chi connectivity index (χ2v) is 6.78. The molecular weight excluding hydrogens is 368 g/mol. The number of hydrogen-bond acceptors (Lipinski definition) is 5. The van der Waals surface area contributed by atoms with Crippen LogP contribution in [0.2, 0.25) is 0 Å². The van der Waals surface area contributed by atoms with Crippen LogP contribution in [0.1, 0.15) is 25.6 Å². The summed E-state index contributed by atoms with van der Waals surface area (Å²) in [6, 6.07) is 13.4. The lowest BCUT2D eigenvalue weighted by Gasteiger charge is -2.08. The van der Waals surface area contributed by atoms with Crippen LogP contribution in [0.4, 0.5) is 0 Å². The highest BCUT2D eigenvalue weighted by Gasteiger charge is 2.11. The maximum atomic E-state index is 12.1. The summed E-state index contributed by atoms with van der Waals surface area (Å²) in [5, 5.41) is 9.86. The van der Waals surface area contributed by atoms with Gasteiger partial charge in [-0.2, -0.15) is 0 Å². The Balaban J connectivity index is 1.59. The lowest BCUT2D eigenvalue weighted by molar-refractivity contribution is -0.121. The average molecular weight is 384 g/mol. The van der Waals surface area contributed by atoms with E-state index < -0.39 is 11.9 Å². The molecule has 0 aliphatic heterocycles. The molecule has 3 rings (SSSR count). The maximum absolute atomic E-state index is 12.1. The number of hydrazine groups is 1. The Kier molecular flexibility index (Phi) is 5.37. The molecule has 1 aromatic heterocycles. The summed E-state index contributed by atoms with van der Waals surface area (Å²) in [5.41, 5.74) is 5.83. The summed E-state index contributed by atoms with van der Waals surface area (Å²) < 4.78 is 5.82. The first-order chi connectivity index (χ1) is 13.0. The van der Waals surface area contributed by atoms with Gasteiger partial charge in [0.25, 0.3) is 5.91 Å². The van der Waals surface area contributed by atoms with E-state index in [1.54, 1.807) is 48.5 Å². The normalized spacial score (nSPS) is 10.4. The highest BCUT2D eigenvalue weighted by atomic mass is 32.1. The molecule has 7 nitrogen and oxygen atoms in total. The number of carboxylic acids is 1. The summed E-state index contributed by atoms with van der Waals surface area (Å²) in [7, 11) is 1.53. The Morgan fingerprint density at radius 1 is 1.04 bits per heavy atom. The van der Waals surface area contributed by atoms with E-state index in [-0.39, 0.29) is 17.2 Å². The van der Waals surface area contributed by atoms with Crippen molar-refractivity contribution >= 4 is 39.2 Å². The first-order valence-electron chi connectivity index (χ1n) is 7.95. The van der Waals surface area contributed by atoms with Gasteiger partial charge in [0, 0.05) is 10.3 Å². The second kappa shape index (κ2) is 7.88. The number of ether oxygens (including phenoxy) is 1. The van der Waals surface area contributed by atoms with E-state index in [1.807, 2.05) is 0 Å². The number of rotatable bonds is 5. The fourth-order valence-electron chi connectivity index (χ4n) is 2.46. The predicted octanol–water partition coefficient (Wildman–Crippen LogP) is 2.61. The van der Waals surface area contributed by atoms with Crippen LogP contribution in [0, 0.1) is 0 Å². The topological polar surface area (TPSA) is 105 Å². The van der Waals surface area contributed by atoms with Crippen LogP contribution in [-0.2, 0) is 11.2 Å². The van der Waals surface area contributed by atoms with Gasteiger partial charge in [-0.05, 0) is 47.3 Å². The van der Waals surface area contributed by atoms with Gasteiger partial charge in [0.15, 0.2) is 0 Å². The Morgan fingerprint density at radius 3 is 2.44 bits per heavy atom. The lowest BCUT2D eigenvalue weighted by Crippen LogP contribution is -2.42. The van der Waals surface area contributed by atoms with E-state index in [4.69, 9.17) is 9.84 Å². The molecule has 3 N–H and O–H groups in total. The number of hydrogen-bond donors (Lipinski definition) is 3. The molecule has 2 aromatic carbocycles. The minimum absolute atomic E-state index is 0.0547. The fraction of sp³-hybridized carbons (Fsp3) is 0.105. The summed E-state index contributed by atoms with van der Waals surface area (Å²) in [5.74, 6) is -1.17. The van der Waals surface area contributed by atoms with Crippen molar-refractivity contribution in [1.29, 1.82) is 0 Å². The molecular formula is C19H16N2O5S. The van der Waals surface area contributed by atoms with Crippen LogP contribution in [-0.4, -0.2) is 30.0 Å². The number of amides is 2.